The molecule has 146 valence electrons. The molecule has 9 nitrogen and oxygen atoms in total. The monoisotopic (exact) mass is 395 g/mol. The number of ether oxygens (including phenoxy) is 3. The third kappa shape index (κ3) is 5.61. The van der Waals surface area contributed by atoms with Crippen LogP contribution in [0.4, 0.5) is 0 Å². The highest BCUT2D eigenvalue weighted by atomic mass is 32.2. The molecule has 1 fully saturated rings. The fourth-order valence-electron chi connectivity index (χ4n) is 2.73. The van der Waals surface area contributed by atoms with E-state index in [4.69, 9.17) is 19.7 Å². The van der Waals surface area contributed by atoms with Gasteiger partial charge in [-0.2, -0.15) is 0 Å². The minimum Gasteiger partial charge on any atom is -0.458 e. The lowest BCUT2D eigenvalue weighted by molar-refractivity contribution is -0.206. The number of aryl methyl sites for hydroxylation is 1. The van der Waals surface area contributed by atoms with Gasteiger partial charge in [-0.25, -0.2) is 0 Å². The molecule has 2 rings (SSSR count). The largest absolute Gasteiger partial charge is 0.458 e. The summed E-state index contributed by atoms with van der Waals surface area (Å²) in [7, 11) is 0. The Kier molecular flexibility index (Phi) is 7.49. The average Bonchev–Trinajstić information content (AvgIpc) is 2.60. The van der Waals surface area contributed by atoms with Gasteiger partial charge in [0.25, 0.3) is 0 Å². The first-order chi connectivity index (χ1) is 12.8. The molecule has 0 radical (unpaired) electrons. The highest BCUT2D eigenvalue weighted by Crippen LogP contribution is 2.37. The zero-order chi connectivity index (χ0) is 20.0. The molecule has 0 spiro atoms. The van der Waals surface area contributed by atoms with Gasteiger partial charge in [-0.05, 0) is 24.6 Å². The number of carbonyl (C=O) groups is 2. The molecule has 1 N–H and O–H groups in total. The van der Waals surface area contributed by atoms with Crippen LogP contribution in [-0.2, 0) is 23.8 Å². The van der Waals surface area contributed by atoms with Gasteiger partial charge in [0.1, 0.15) is 17.6 Å². The summed E-state index contributed by atoms with van der Waals surface area (Å²) in [5.74, 6) is -1.27. The summed E-state index contributed by atoms with van der Waals surface area (Å²) in [5, 5.41) is 13.4. The second-order valence-electron chi connectivity index (χ2n) is 6.00. The second kappa shape index (κ2) is 9.61. The molecule has 0 aliphatic carbocycles. The van der Waals surface area contributed by atoms with Gasteiger partial charge in [-0.1, -0.05) is 34.6 Å². The topological polar surface area (TPSA) is 131 Å². The molecule has 1 aliphatic rings. The van der Waals surface area contributed by atoms with E-state index in [-0.39, 0.29) is 0 Å². The van der Waals surface area contributed by atoms with Gasteiger partial charge in [0.2, 0.25) is 0 Å². The predicted molar refractivity (Wildman–Crippen MR) is 96.8 cm³/mol. The highest BCUT2D eigenvalue weighted by molar-refractivity contribution is 7.99. The quantitative estimate of drug-likeness (QED) is 0.338. The fraction of sp³-hybridized carbons (Fsp3) is 0.529. The van der Waals surface area contributed by atoms with E-state index in [2.05, 4.69) is 10.0 Å². The van der Waals surface area contributed by atoms with Crippen molar-refractivity contribution in [2.45, 2.75) is 55.5 Å². The first-order valence-electron chi connectivity index (χ1n) is 8.24. The highest BCUT2D eigenvalue weighted by Gasteiger charge is 2.49. The number of thioether (sulfide) groups is 1. The molecule has 1 heterocycles. The third-order valence-corrected chi connectivity index (χ3v) is 5.02. The van der Waals surface area contributed by atoms with Crippen molar-refractivity contribution < 1.29 is 28.9 Å². The van der Waals surface area contributed by atoms with Crippen LogP contribution in [0.3, 0.4) is 0 Å². The van der Waals surface area contributed by atoms with Crippen LogP contribution in [0.1, 0.15) is 19.4 Å². The SMILES string of the molecule is CC(=O)O[C@@H]1[C@@H](N=[N+]=[N-])[C@H](Sc2ccc(C)cc2)O[C@H](CO)[C@H]1OC(C)=O. The minimum absolute atomic E-state index is 0.469. The molecular formula is C17H21N3O6S. The number of nitrogens with zero attached hydrogens (tertiary/aromatic N) is 3. The van der Waals surface area contributed by atoms with E-state index >= 15 is 0 Å². The van der Waals surface area contributed by atoms with Gasteiger partial charge in [0, 0.05) is 23.7 Å². The number of aliphatic hydroxyl groups excluding tert-OH is 1. The van der Waals surface area contributed by atoms with Crippen molar-refractivity contribution in [3.05, 3.63) is 40.3 Å². The molecule has 10 heteroatoms. The van der Waals surface area contributed by atoms with E-state index in [0.717, 1.165) is 10.5 Å². The van der Waals surface area contributed by atoms with Crippen molar-refractivity contribution in [2.75, 3.05) is 6.61 Å². The summed E-state index contributed by atoms with van der Waals surface area (Å²) in [6.07, 6.45) is -3.12. The number of azide groups is 1. The van der Waals surface area contributed by atoms with Gasteiger partial charge >= 0.3 is 11.9 Å². The Bertz CT molecular complexity index is 722. The molecule has 1 aliphatic heterocycles. The Morgan fingerprint density at radius 3 is 2.33 bits per heavy atom. The molecule has 1 aromatic rings. The maximum Gasteiger partial charge on any atom is 0.303 e. The van der Waals surface area contributed by atoms with Crippen LogP contribution in [0.2, 0.25) is 0 Å². The predicted octanol–water partition coefficient (Wildman–Crippen LogP) is 2.35. The number of hydrogen-bond donors (Lipinski definition) is 1. The van der Waals surface area contributed by atoms with E-state index in [1.54, 1.807) is 0 Å². The van der Waals surface area contributed by atoms with Crippen molar-refractivity contribution in [1.82, 2.24) is 0 Å². The summed E-state index contributed by atoms with van der Waals surface area (Å²) in [4.78, 5) is 26.7. The Morgan fingerprint density at radius 2 is 1.81 bits per heavy atom. The van der Waals surface area contributed by atoms with E-state index in [1.807, 2.05) is 31.2 Å². The lowest BCUT2D eigenvalue weighted by Crippen LogP contribution is -2.59. The number of carbonyl (C=O) groups excluding carboxylic acids is 2. The summed E-state index contributed by atoms with van der Waals surface area (Å²) in [5.41, 5.74) is 9.31. The van der Waals surface area contributed by atoms with Crippen LogP contribution in [0.5, 0.6) is 0 Å². The second-order valence-corrected chi connectivity index (χ2v) is 7.17. The van der Waals surface area contributed by atoms with E-state index in [9.17, 15) is 14.7 Å². The molecule has 27 heavy (non-hydrogen) atoms. The molecule has 0 unspecified atom stereocenters. The lowest BCUT2D eigenvalue weighted by Gasteiger charge is -2.43. The maximum atomic E-state index is 11.6. The molecule has 0 aromatic heterocycles. The van der Waals surface area contributed by atoms with E-state index < -0.39 is 48.3 Å². The van der Waals surface area contributed by atoms with Gasteiger partial charge in [0.05, 0.1) is 6.61 Å². The summed E-state index contributed by atoms with van der Waals surface area (Å²) >= 11 is 1.26. The maximum absolute atomic E-state index is 11.6. The van der Waals surface area contributed by atoms with Crippen molar-refractivity contribution in [2.24, 2.45) is 5.11 Å². The third-order valence-electron chi connectivity index (χ3n) is 3.86. The standard InChI is InChI=1S/C17H21N3O6S/c1-9-4-6-12(7-5-9)27-17-14(19-20-18)16(25-11(3)23)15(24-10(2)22)13(8-21)26-17/h4-7,13-17,21H,8H2,1-3H3/t13-,14-,15-,16-,17+/m1/s1. The van der Waals surface area contributed by atoms with Crippen LogP contribution in [-0.4, -0.2) is 53.4 Å². The molecule has 1 aromatic carbocycles. The normalized spacial score (nSPS) is 27.3. The Hall–Kier alpha value is -2.26. The Labute approximate surface area is 160 Å². The molecule has 0 amide bonds. The molecule has 1 saturated heterocycles. The summed E-state index contributed by atoms with van der Waals surface area (Å²) in [6, 6.07) is 6.63. The zero-order valence-corrected chi connectivity index (χ0v) is 16.0. The molecule has 5 atom stereocenters. The van der Waals surface area contributed by atoms with E-state index in [0.29, 0.717) is 0 Å². The van der Waals surface area contributed by atoms with Crippen LogP contribution in [0.15, 0.2) is 34.3 Å². The first kappa shape index (κ1) is 21.0. The van der Waals surface area contributed by atoms with Crippen LogP contribution in [0.25, 0.3) is 10.4 Å². The van der Waals surface area contributed by atoms with Crippen molar-refractivity contribution in [3.63, 3.8) is 0 Å². The van der Waals surface area contributed by atoms with Crippen LogP contribution in [0, 0.1) is 6.92 Å². The number of esters is 2. The minimum atomic E-state index is -1.10. The van der Waals surface area contributed by atoms with Gasteiger partial charge in [0.15, 0.2) is 12.2 Å². The Balaban J connectivity index is 2.37. The molecule has 0 bridgehead atoms. The van der Waals surface area contributed by atoms with Crippen molar-refractivity contribution >= 4 is 23.7 Å². The summed E-state index contributed by atoms with van der Waals surface area (Å²) in [6.45, 7) is 3.87. The molecule has 0 saturated carbocycles. The zero-order valence-electron chi connectivity index (χ0n) is 15.1. The van der Waals surface area contributed by atoms with Crippen molar-refractivity contribution in [1.29, 1.82) is 0 Å². The smallest absolute Gasteiger partial charge is 0.303 e. The van der Waals surface area contributed by atoms with E-state index in [1.165, 1.54) is 25.6 Å². The summed E-state index contributed by atoms with van der Waals surface area (Å²) < 4.78 is 16.3. The first-order valence-corrected chi connectivity index (χ1v) is 9.12. The number of aliphatic hydroxyl groups is 1. The number of benzene rings is 1. The Morgan fingerprint density at radius 1 is 1.22 bits per heavy atom. The lowest BCUT2D eigenvalue weighted by atomic mass is 9.98. The number of hydrogen-bond acceptors (Lipinski definition) is 8. The van der Waals surface area contributed by atoms with Gasteiger partial charge in [-0.3, -0.25) is 9.59 Å². The molecular weight excluding hydrogens is 374 g/mol. The average molecular weight is 395 g/mol. The number of rotatable bonds is 6. The van der Waals surface area contributed by atoms with Crippen molar-refractivity contribution in [3.8, 4) is 0 Å². The fourth-order valence-corrected chi connectivity index (χ4v) is 3.84. The van der Waals surface area contributed by atoms with Gasteiger partial charge < -0.3 is 19.3 Å². The van der Waals surface area contributed by atoms with Gasteiger partial charge in [-0.15, -0.1) is 0 Å². The van der Waals surface area contributed by atoms with Crippen LogP contribution >= 0.6 is 11.8 Å². The van der Waals surface area contributed by atoms with Crippen LogP contribution < -0.4 is 0 Å².